The van der Waals surface area contributed by atoms with E-state index in [1.54, 1.807) is 6.07 Å². The van der Waals surface area contributed by atoms with Gasteiger partial charge in [-0.15, -0.1) is 0 Å². The molecule has 80 valence electrons. The Morgan fingerprint density at radius 2 is 2.00 bits per heavy atom. The van der Waals surface area contributed by atoms with Crippen LogP contribution in [0.25, 0.3) is 0 Å². The molecule has 0 unspecified atom stereocenters. The fourth-order valence-electron chi connectivity index (χ4n) is 1.74. The number of carbonyl (C=O) groups is 1. The quantitative estimate of drug-likeness (QED) is 0.797. The number of benzene rings is 1. The minimum atomic E-state index is -0.00519. The molecule has 1 saturated heterocycles. The third-order valence-electron chi connectivity index (χ3n) is 2.59. The van der Waals surface area contributed by atoms with Gasteiger partial charge in [-0.25, -0.2) is 0 Å². The van der Waals surface area contributed by atoms with Crippen molar-refractivity contribution in [3.63, 3.8) is 0 Å². The van der Waals surface area contributed by atoms with Gasteiger partial charge in [0.25, 0.3) is 5.91 Å². The Kier molecular flexibility index (Phi) is 2.82. The highest BCUT2D eigenvalue weighted by Gasteiger charge is 2.19. The van der Waals surface area contributed by atoms with Crippen molar-refractivity contribution in [2.45, 2.75) is 12.8 Å². The molecule has 0 spiro atoms. The average molecular weight is 226 g/mol. The van der Waals surface area contributed by atoms with Crippen molar-refractivity contribution < 1.29 is 9.90 Å². The molecule has 1 N–H and O–H groups in total. The minimum Gasteiger partial charge on any atom is -0.506 e. The number of phenols is 1. The SMILES string of the molecule is O=C(c1ccc(O)c(Cl)c1)N1CCCC1. The van der Waals surface area contributed by atoms with E-state index in [1.807, 2.05) is 4.90 Å². The van der Waals surface area contributed by atoms with Crippen molar-refractivity contribution in [3.05, 3.63) is 28.8 Å². The molecule has 0 bridgehead atoms. The van der Waals surface area contributed by atoms with Crippen molar-refractivity contribution in [2.24, 2.45) is 0 Å². The lowest BCUT2D eigenvalue weighted by Gasteiger charge is -2.15. The normalized spacial score (nSPS) is 15.7. The Labute approximate surface area is 93.3 Å². The second-order valence-corrected chi connectivity index (χ2v) is 4.07. The summed E-state index contributed by atoms with van der Waals surface area (Å²) in [4.78, 5) is 13.7. The van der Waals surface area contributed by atoms with Crippen LogP contribution in [0, 0.1) is 0 Å². The van der Waals surface area contributed by atoms with Gasteiger partial charge in [-0.3, -0.25) is 4.79 Å². The fraction of sp³-hybridized carbons (Fsp3) is 0.364. The maximum atomic E-state index is 11.9. The molecule has 1 aromatic rings. The van der Waals surface area contributed by atoms with Gasteiger partial charge < -0.3 is 10.0 Å². The lowest BCUT2D eigenvalue weighted by Crippen LogP contribution is -2.27. The van der Waals surface area contributed by atoms with E-state index < -0.39 is 0 Å². The summed E-state index contributed by atoms with van der Waals surface area (Å²) in [6.45, 7) is 1.63. The first kappa shape index (κ1) is 10.3. The Morgan fingerprint density at radius 1 is 1.33 bits per heavy atom. The molecule has 4 heteroatoms. The minimum absolute atomic E-state index is 0.00519. The predicted molar refractivity (Wildman–Crippen MR) is 58.3 cm³/mol. The van der Waals surface area contributed by atoms with E-state index in [-0.39, 0.29) is 16.7 Å². The number of likely N-dealkylation sites (tertiary alicyclic amines) is 1. The summed E-state index contributed by atoms with van der Waals surface area (Å²) < 4.78 is 0. The molecular weight excluding hydrogens is 214 g/mol. The molecule has 2 rings (SSSR count). The largest absolute Gasteiger partial charge is 0.506 e. The van der Waals surface area contributed by atoms with Gasteiger partial charge in [0.05, 0.1) is 5.02 Å². The van der Waals surface area contributed by atoms with Crippen LogP contribution in [0.3, 0.4) is 0 Å². The molecule has 1 heterocycles. The summed E-state index contributed by atoms with van der Waals surface area (Å²) in [6, 6.07) is 4.56. The van der Waals surface area contributed by atoms with E-state index in [0.717, 1.165) is 25.9 Å². The Morgan fingerprint density at radius 3 is 2.60 bits per heavy atom. The van der Waals surface area contributed by atoms with E-state index in [4.69, 9.17) is 11.6 Å². The molecular formula is C11H12ClNO2. The molecule has 1 fully saturated rings. The molecule has 1 aliphatic heterocycles. The number of carbonyl (C=O) groups excluding carboxylic acids is 1. The van der Waals surface area contributed by atoms with E-state index in [0.29, 0.717) is 5.56 Å². The first-order valence-corrected chi connectivity index (χ1v) is 5.34. The third kappa shape index (κ3) is 2.07. The van der Waals surface area contributed by atoms with Gasteiger partial charge in [0.2, 0.25) is 0 Å². The fourth-order valence-corrected chi connectivity index (χ4v) is 1.92. The maximum absolute atomic E-state index is 11.9. The molecule has 0 saturated carbocycles. The maximum Gasteiger partial charge on any atom is 0.253 e. The van der Waals surface area contributed by atoms with E-state index in [2.05, 4.69) is 0 Å². The van der Waals surface area contributed by atoms with Crippen molar-refractivity contribution in [3.8, 4) is 5.75 Å². The van der Waals surface area contributed by atoms with Crippen LogP contribution >= 0.6 is 11.6 Å². The van der Waals surface area contributed by atoms with Crippen LogP contribution in [-0.2, 0) is 0 Å². The van der Waals surface area contributed by atoms with Crippen LogP contribution in [0.4, 0.5) is 0 Å². The molecule has 1 aliphatic rings. The number of rotatable bonds is 1. The number of aromatic hydroxyl groups is 1. The highest BCUT2D eigenvalue weighted by atomic mass is 35.5. The van der Waals surface area contributed by atoms with Crippen molar-refractivity contribution in [1.82, 2.24) is 4.90 Å². The zero-order valence-corrected chi connectivity index (χ0v) is 9.00. The summed E-state index contributed by atoms with van der Waals surface area (Å²) in [5.41, 5.74) is 0.541. The molecule has 3 nitrogen and oxygen atoms in total. The standard InChI is InChI=1S/C11H12ClNO2/c12-9-7-8(3-4-10(9)14)11(15)13-5-1-2-6-13/h3-4,7,14H,1-2,5-6H2. The monoisotopic (exact) mass is 225 g/mol. The van der Waals surface area contributed by atoms with Crippen LogP contribution in [0.15, 0.2) is 18.2 Å². The summed E-state index contributed by atoms with van der Waals surface area (Å²) in [5, 5.41) is 9.46. The van der Waals surface area contributed by atoms with Gasteiger partial charge in [-0.05, 0) is 31.0 Å². The number of amides is 1. The van der Waals surface area contributed by atoms with Crippen LogP contribution in [0.1, 0.15) is 23.2 Å². The highest BCUT2D eigenvalue weighted by molar-refractivity contribution is 6.32. The van der Waals surface area contributed by atoms with E-state index >= 15 is 0 Å². The summed E-state index contributed by atoms with van der Waals surface area (Å²) >= 11 is 5.74. The van der Waals surface area contributed by atoms with Crippen LogP contribution in [0.5, 0.6) is 5.75 Å². The summed E-state index contributed by atoms with van der Waals surface area (Å²) in [5.74, 6) is 0.00374. The number of phenolic OH excluding ortho intramolecular Hbond substituents is 1. The van der Waals surface area contributed by atoms with Gasteiger partial charge in [-0.2, -0.15) is 0 Å². The van der Waals surface area contributed by atoms with Crippen molar-refractivity contribution in [1.29, 1.82) is 0 Å². The number of hydrogen-bond donors (Lipinski definition) is 1. The van der Waals surface area contributed by atoms with Gasteiger partial charge in [0, 0.05) is 18.7 Å². The summed E-state index contributed by atoms with van der Waals surface area (Å²) in [6.07, 6.45) is 2.13. The van der Waals surface area contributed by atoms with Gasteiger partial charge in [0.1, 0.15) is 5.75 Å². The van der Waals surface area contributed by atoms with Gasteiger partial charge in [0.15, 0.2) is 0 Å². The number of halogens is 1. The molecule has 15 heavy (non-hydrogen) atoms. The van der Waals surface area contributed by atoms with Crippen molar-refractivity contribution in [2.75, 3.05) is 13.1 Å². The first-order valence-electron chi connectivity index (χ1n) is 4.96. The highest BCUT2D eigenvalue weighted by Crippen LogP contribution is 2.24. The topological polar surface area (TPSA) is 40.5 Å². The van der Waals surface area contributed by atoms with Gasteiger partial charge in [-0.1, -0.05) is 11.6 Å². The van der Waals surface area contributed by atoms with Crippen molar-refractivity contribution >= 4 is 17.5 Å². The molecule has 1 aromatic carbocycles. The Balaban J connectivity index is 2.21. The molecule has 1 amide bonds. The number of hydrogen-bond acceptors (Lipinski definition) is 2. The Hall–Kier alpha value is -1.22. The zero-order chi connectivity index (χ0) is 10.8. The second-order valence-electron chi connectivity index (χ2n) is 3.67. The first-order chi connectivity index (χ1) is 7.18. The predicted octanol–water partition coefficient (Wildman–Crippen LogP) is 2.28. The van der Waals surface area contributed by atoms with Crippen LogP contribution in [0.2, 0.25) is 5.02 Å². The van der Waals surface area contributed by atoms with E-state index in [9.17, 15) is 9.90 Å². The average Bonchev–Trinajstić information content (AvgIpc) is 2.74. The second kappa shape index (κ2) is 4.11. The molecule has 0 aliphatic carbocycles. The smallest absolute Gasteiger partial charge is 0.253 e. The van der Waals surface area contributed by atoms with Gasteiger partial charge >= 0.3 is 0 Å². The lowest BCUT2D eigenvalue weighted by atomic mass is 10.2. The van der Waals surface area contributed by atoms with E-state index in [1.165, 1.54) is 12.1 Å². The molecule has 0 radical (unpaired) electrons. The Bertz CT molecular complexity index is 386. The molecule has 0 atom stereocenters. The van der Waals surface area contributed by atoms with Crippen LogP contribution < -0.4 is 0 Å². The molecule has 0 aromatic heterocycles. The third-order valence-corrected chi connectivity index (χ3v) is 2.89. The van der Waals surface area contributed by atoms with Crippen LogP contribution in [-0.4, -0.2) is 29.0 Å². The zero-order valence-electron chi connectivity index (χ0n) is 8.24. The summed E-state index contributed by atoms with van der Waals surface area (Å²) in [7, 11) is 0. The number of nitrogens with zero attached hydrogens (tertiary/aromatic N) is 1. The lowest BCUT2D eigenvalue weighted by molar-refractivity contribution is 0.0793.